The standard InChI is InChI=1S/C11H14ClN3O3/c1-3-15(6-10(16)13-2)9-5-7(11(17)18)4-8(12)14-9/h4-5H,3,6H2,1-2H3,(H,13,16)(H,17,18). The molecule has 1 aromatic rings. The first-order valence-electron chi connectivity index (χ1n) is 5.34. The van der Waals surface area contributed by atoms with Gasteiger partial charge in [-0.1, -0.05) is 11.6 Å². The lowest BCUT2D eigenvalue weighted by Crippen LogP contribution is -2.36. The van der Waals surface area contributed by atoms with E-state index in [1.165, 1.54) is 19.2 Å². The molecule has 1 amide bonds. The maximum atomic E-state index is 11.3. The van der Waals surface area contributed by atoms with Gasteiger partial charge in [0, 0.05) is 13.6 Å². The van der Waals surface area contributed by atoms with Crippen LogP contribution in [0.4, 0.5) is 5.82 Å². The fraction of sp³-hybridized carbons (Fsp3) is 0.364. The Morgan fingerprint density at radius 1 is 1.50 bits per heavy atom. The van der Waals surface area contributed by atoms with Crippen molar-refractivity contribution >= 4 is 29.3 Å². The fourth-order valence-electron chi connectivity index (χ4n) is 1.38. The van der Waals surface area contributed by atoms with Crippen LogP contribution in [0.2, 0.25) is 5.15 Å². The van der Waals surface area contributed by atoms with Gasteiger partial charge in [0.1, 0.15) is 11.0 Å². The molecule has 1 aromatic heterocycles. The summed E-state index contributed by atoms with van der Waals surface area (Å²) in [7, 11) is 1.53. The summed E-state index contributed by atoms with van der Waals surface area (Å²) in [6.07, 6.45) is 0. The van der Waals surface area contributed by atoms with Crippen molar-refractivity contribution in [3.05, 3.63) is 22.8 Å². The summed E-state index contributed by atoms with van der Waals surface area (Å²) in [4.78, 5) is 27.9. The first-order valence-corrected chi connectivity index (χ1v) is 5.72. The molecule has 0 spiro atoms. The second-order valence-corrected chi connectivity index (χ2v) is 3.92. The van der Waals surface area contributed by atoms with Crippen LogP contribution >= 0.6 is 11.6 Å². The number of amides is 1. The molecule has 18 heavy (non-hydrogen) atoms. The normalized spacial score (nSPS) is 9.94. The molecule has 0 saturated carbocycles. The molecule has 0 bridgehead atoms. The third-order valence-corrected chi connectivity index (χ3v) is 2.54. The number of halogens is 1. The van der Waals surface area contributed by atoms with Crippen molar-refractivity contribution in [2.75, 3.05) is 25.0 Å². The highest BCUT2D eigenvalue weighted by molar-refractivity contribution is 6.29. The van der Waals surface area contributed by atoms with Crippen LogP contribution in [0, 0.1) is 0 Å². The quantitative estimate of drug-likeness (QED) is 0.781. The Bertz CT molecular complexity index is 465. The van der Waals surface area contributed by atoms with Gasteiger partial charge in [0.25, 0.3) is 0 Å². The number of aromatic nitrogens is 1. The molecule has 0 unspecified atom stereocenters. The molecule has 7 heteroatoms. The molecule has 0 fully saturated rings. The molecule has 0 atom stereocenters. The SMILES string of the molecule is CCN(CC(=O)NC)c1cc(C(=O)O)cc(Cl)n1. The van der Waals surface area contributed by atoms with Crippen LogP contribution in [0.25, 0.3) is 0 Å². The topological polar surface area (TPSA) is 82.5 Å². The highest BCUT2D eigenvalue weighted by atomic mass is 35.5. The van der Waals surface area contributed by atoms with Gasteiger partial charge in [-0.25, -0.2) is 9.78 Å². The summed E-state index contributed by atoms with van der Waals surface area (Å²) in [5.74, 6) is -0.905. The van der Waals surface area contributed by atoms with Crippen LogP contribution in [0.15, 0.2) is 12.1 Å². The number of carbonyl (C=O) groups is 2. The van der Waals surface area contributed by atoms with Crippen LogP contribution in [0.1, 0.15) is 17.3 Å². The monoisotopic (exact) mass is 271 g/mol. The molecule has 6 nitrogen and oxygen atoms in total. The van der Waals surface area contributed by atoms with Gasteiger partial charge >= 0.3 is 5.97 Å². The third kappa shape index (κ3) is 3.59. The van der Waals surface area contributed by atoms with E-state index in [2.05, 4.69) is 10.3 Å². The third-order valence-electron chi connectivity index (χ3n) is 2.35. The number of likely N-dealkylation sites (N-methyl/N-ethyl adjacent to an activating group) is 2. The molecule has 0 aliphatic carbocycles. The molecular formula is C11H14ClN3O3. The first-order chi connectivity index (χ1) is 8.47. The van der Waals surface area contributed by atoms with Gasteiger partial charge in [-0.15, -0.1) is 0 Å². The number of pyridine rings is 1. The van der Waals surface area contributed by atoms with Crippen molar-refractivity contribution in [2.24, 2.45) is 0 Å². The smallest absolute Gasteiger partial charge is 0.335 e. The van der Waals surface area contributed by atoms with Gasteiger partial charge in [0.15, 0.2) is 0 Å². The lowest BCUT2D eigenvalue weighted by atomic mass is 10.2. The second-order valence-electron chi connectivity index (χ2n) is 3.53. The van der Waals surface area contributed by atoms with Crippen LogP contribution in [0.3, 0.4) is 0 Å². The fourth-order valence-corrected chi connectivity index (χ4v) is 1.58. The molecular weight excluding hydrogens is 258 g/mol. The Morgan fingerprint density at radius 3 is 2.67 bits per heavy atom. The number of nitrogens with zero attached hydrogens (tertiary/aromatic N) is 2. The van der Waals surface area contributed by atoms with Crippen molar-refractivity contribution in [3.8, 4) is 0 Å². The number of rotatable bonds is 5. The van der Waals surface area contributed by atoms with Crippen LogP contribution in [-0.2, 0) is 4.79 Å². The van der Waals surface area contributed by atoms with Crippen LogP contribution in [0.5, 0.6) is 0 Å². The van der Waals surface area contributed by atoms with Crippen molar-refractivity contribution in [1.82, 2.24) is 10.3 Å². The lowest BCUT2D eigenvalue weighted by molar-refractivity contribution is -0.119. The van der Waals surface area contributed by atoms with Crippen LogP contribution < -0.4 is 10.2 Å². The van der Waals surface area contributed by atoms with E-state index in [1.807, 2.05) is 6.92 Å². The Morgan fingerprint density at radius 2 is 2.17 bits per heavy atom. The van der Waals surface area contributed by atoms with E-state index in [-0.39, 0.29) is 23.2 Å². The maximum Gasteiger partial charge on any atom is 0.335 e. The summed E-state index contributed by atoms with van der Waals surface area (Å²) in [5, 5.41) is 11.5. The Labute approximate surface area is 110 Å². The number of hydrogen-bond acceptors (Lipinski definition) is 4. The zero-order valence-corrected chi connectivity index (χ0v) is 10.9. The number of nitrogens with one attached hydrogen (secondary N) is 1. The average Bonchev–Trinajstić information content (AvgIpc) is 2.34. The molecule has 0 aliphatic heterocycles. The minimum atomic E-state index is -1.09. The molecule has 2 N–H and O–H groups in total. The molecule has 0 saturated heterocycles. The first kappa shape index (κ1) is 14.2. The molecule has 1 heterocycles. The van der Waals surface area contributed by atoms with E-state index in [4.69, 9.17) is 16.7 Å². The van der Waals surface area contributed by atoms with Gasteiger partial charge < -0.3 is 15.3 Å². The summed E-state index contributed by atoms with van der Waals surface area (Å²) in [6.45, 7) is 2.45. The molecule has 1 rings (SSSR count). The maximum absolute atomic E-state index is 11.3. The van der Waals surface area contributed by atoms with Gasteiger partial charge in [0.2, 0.25) is 5.91 Å². The highest BCUT2D eigenvalue weighted by Gasteiger charge is 2.14. The van der Waals surface area contributed by atoms with Crippen LogP contribution in [-0.4, -0.2) is 42.1 Å². The second kappa shape index (κ2) is 6.20. The highest BCUT2D eigenvalue weighted by Crippen LogP contribution is 2.18. The van der Waals surface area contributed by atoms with E-state index in [0.29, 0.717) is 12.4 Å². The number of aromatic carboxylic acids is 1. The largest absolute Gasteiger partial charge is 0.478 e. The number of carbonyl (C=O) groups excluding carboxylic acids is 1. The van der Waals surface area contributed by atoms with Crippen molar-refractivity contribution < 1.29 is 14.7 Å². The average molecular weight is 272 g/mol. The Balaban J connectivity index is 3.05. The summed E-state index contributed by atoms with van der Waals surface area (Å²) in [5.41, 5.74) is 0.0420. The zero-order chi connectivity index (χ0) is 13.7. The lowest BCUT2D eigenvalue weighted by Gasteiger charge is -2.21. The summed E-state index contributed by atoms with van der Waals surface area (Å²) in [6, 6.07) is 2.65. The molecule has 98 valence electrons. The summed E-state index contributed by atoms with van der Waals surface area (Å²) >= 11 is 5.76. The van der Waals surface area contributed by atoms with Crippen molar-refractivity contribution in [3.63, 3.8) is 0 Å². The Hall–Kier alpha value is -1.82. The van der Waals surface area contributed by atoms with E-state index >= 15 is 0 Å². The molecule has 0 radical (unpaired) electrons. The number of carboxylic acids is 1. The summed E-state index contributed by atoms with van der Waals surface area (Å²) < 4.78 is 0. The predicted molar refractivity (Wildman–Crippen MR) is 68.2 cm³/mol. The van der Waals surface area contributed by atoms with E-state index in [9.17, 15) is 9.59 Å². The number of hydrogen-bond donors (Lipinski definition) is 2. The minimum absolute atomic E-state index is 0.0420. The van der Waals surface area contributed by atoms with Crippen molar-refractivity contribution in [2.45, 2.75) is 6.92 Å². The molecule has 0 aromatic carbocycles. The van der Waals surface area contributed by atoms with Gasteiger partial charge in [0.05, 0.1) is 12.1 Å². The van der Waals surface area contributed by atoms with Gasteiger partial charge in [-0.3, -0.25) is 4.79 Å². The number of carboxylic acid groups (broad SMARTS) is 1. The van der Waals surface area contributed by atoms with Gasteiger partial charge in [-0.05, 0) is 19.1 Å². The van der Waals surface area contributed by atoms with E-state index in [0.717, 1.165) is 0 Å². The minimum Gasteiger partial charge on any atom is -0.478 e. The predicted octanol–water partition coefficient (Wildman–Crippen LogP) is 1.01. The Kier molecular flexibility index (Phi) is 4.91. The zero-order valence-electron chi connectivity index (χ0n) is 10.1. The molecule has 0 aliphatic rings. The van der Waals surface area contributed by atoms with Gasteiger partial charge in [-0.2, -0.15) is 0 Å². The van der Waals surface area contributed by atoms with Crippen molar-refractivity contribution in [1.29, 1.82) is 0 Å². The van der Waals surface area contributed by atoms with E-state index in [1.54, 1.807) is 4.90 Å². The number of anilines is 1. The van der Waals surface area contributed by atoms with E-state index < -0.39 is 5.97 Å².